The molecule has 0 atom stereocenters. The second-order valence-corrected chi connectivity index (χ2v) is 8.18. The van der Waals surface area contributed by atoms with Gasteiger partial charge in [0.05, 0.1) is 5.75 Å². The van der Waals surface area contributed by atoms with E-state index in [2.05, 4.69) is 29.4 Å². The summed E-state index contributed by atoms with van der Waals surface area (Å²) in [4.78, 5) is 23.6. The van der Waals surface area contributed by atoms with Crippen molar-refractivity contribution in [3.05, 3.63) is 48.3 Å². The van der Waals surface area contributed by atoms with Crippen LogP contribution in [-0.2, 0) is 22.6 Å². The number of aryl methyl sites for hydroxylation is 1. The molecule has 7 nitrogen and oxygen atoms in total. The van der Waals surface area contributed by atoms with Crippen molar-refractivity contribution in [3.8, 4) is 0 Å². The van der Waals surface area contributed by atoms with E-state index in [-0.39, 0.29) is 24.0 Å². The number of benzene rings is 2. The SMILES string of the molecule is CC(C)Cn1c(CCC(N)=O)nnc1SCC(=O)Nc1cccc2ccccc12. The Balaban J connectivity index is 1.68. The van der Waals surface area contributed by atoms with Crippen molar-refractivity contribution < 1.29 is 9.59 Å². The van der Waals surface area contributed by atoms with Crippen LogP contribution < -0.4 is 11.1 Å². The van der Waals surface area contributed by atoms with Gasteiger partial charge in [0.25, 0.3) is 0 Å². The Morgan fingerprint density at radius 3 is 2.66 bits per heavy atom. The quantitative estimate of drug-likeness (QED) is 0.526. The number of fused-ring (bicyclic) bond motifs is 1. The molecule has 3 N–H and O–H groups in total. The third kappa shape index (κ3) is 5.57. The molecule has 0 radical (unpaired) electrons. The maximum Gasteiger partial charge on any atom is 0.234 e. The molecule has 0 bridgehead atoms. The lowest BCUT2D eigenvalue weighted by Crippen LogP contribution is -2.16. The molecule has 0 saturated carbocycles. The number of nitrogens with one attached hydrogen (secondary N) is 1. The Labute approximate surface area is 174 Å². The highest BCUT2D eigenvalue weighted by atomic mass is 32.2. The van der Waals surface area contributed by atoms with Gasteiger partial charge in [-0.05, 0) is 17.4 Å². The number of amides is 2. The zero-order valence-electron chi connectivity index (χ0n) is 16.6. The van der Waals surface area contributed by atoms with Gasteiger partial charge in [0.15, 0.2) is 5.16 Å². The molecular weight excluding hydrogens is 386 g/mol. The summed E-state index contributed by atoms with van der Waals surface area (Å²) >= 11 is 1.34. The summed E-state index contributed by atoms with van der Waals surface area (Å²) in [6.07, 6.45) is 0.667. The fourth-order valence-corrected chi connectivity index (χ4v) is 3.81. The van der Waals surface area contributed by atoms with Gasteiger partial charge in [-0.25, -0.2) is 0 Å². The third-order valence-electron chi connectivity index (χ3n) is 4.33. The van der Waals surface area contributed by atoms with Gasteiger partial charge in [0.2, 0.25) is 11.8 Å². The number of aromatic nitrogens is 3. The molecule has 0 spiro atoms. The molecule has 2 amide bonds. The van der Waals surface area contributed by atoms with E-state index in [4.69, 9.17) is 5.73 Å². The zero-order chi connectivity index (χ0) is 20.8. The predicted molar refractivity (Wildman–Crippen MR) is 116 cm³/mol. The monoisotopic (exact) mass is 411 g/mol. The van der Waals surface area contributed by atoms with E-state index in [0.29, 0.717) is 24.0 Å². The van der Waals surface area contributed by atoms with Crippen LogP contribution in [0.15, 0.2) is 47.6 Å². The molecule has 3 rings (SSSR count). The Morgan fingerprint density at radius 2 is 1.90 bits per heavy atom. The van der Waals surface area contributed by atoms with E-state index in [1.807, 2.05) is 47.0 Å². The van der Waals surface area contributed by atoms with Crippen LogP contribution in [-0.4, -0.2) is 32.3 Å². The van der Waals surface area contributed by atoms with Gasteiger partial charge in [-0.1, -0.05) is 62.0 Å². The van der Waals surface area contributed by atoms with E-state index in [9.17, 15) is 9.59 Å². The van der Waals surface area contributed by atoms with Crippen molar-refractivity contribution in [2.75, 3.05) is 11.1 Å². The average Bonchev–Trinajstić information content (AvgIpc) is 3.06. The minimum Gasteiger partial charge on any atom is -0.370 e. The number of nitrogens with two attached hydrogens (primary N) is 1. The fourth-order valence-electron chi connectivity index (χ4n) is 3.05. The molecule has 1 heterocycles. The highest BCUT2D eigenvalue weighted by molar-refractivity contribution is 7.99. The molecule has 29 heavy (non-hydrogen) atoms. The number of hydrogen-bond acceptors (Lipinski definition) is 5. The van der Waals surface area contributed by atoms with Crippen LogP contribution in [0.25, 0.3) is 10.8 Å². The van der Waals surface area contributed by atoms with Crippen molar-refractivity contribution in [1.29, 1.82) is 0 Å². The molecule has 2 aromatic carbocycles. The van der Waals surface area contributed by atoms with Gasteiger partial charge in [0, 0.05) is 30.5 Å². The fraction of sp³-hybridized carbons (Fsp3) is 0.333. The van der Waals surface area contributed by atoms with Crippen LogP contribution >= 0.6 is 11.8 Å². The first-order valence-electron chi connectivity index (χ1n) is 9.55. The van der Waals surface area contributed by atoms with Crippen LogP contribution in [0.1, 0.15) is 26.1 Å². The standard InChI is InChI=1S/C21H25N5O2S/c1-14(2)12-26-19(11-10-18(22)27)24-25-21(26)29-13-20(28)23-17-9-5-7-15-6-3-4-8-16(15)17/h3-9,14H,10-13H2,1-2H3,(H2,22,27)(H,23,28). The number of carbonyl (C=O) groups excluding carboxylic acids is 2. The Hall–Kier alpha value is -2.87. The van der Waals surface area contributed by atoms with Gasteiger partial charge in [0.1, 0.15) is 5.82 Å². The number of nitrogens with zero attached hydrogens (tertiary/aromatic N) is 3. The number of rotatable bonds is 9. The van der Waals surface area contributed by atoms with Gasteiger partial charge < -0.3 is 15.6 Å². The van der Waals surface area contributed by atoms with Crippen LogP contribution in [0, 0.1) is 5.92 Å². The largest absolute Gasteiger partial charge is 0.370 e. The molecule has 3 aromatic rings. The number of thioether (sulfide) groups is 1. The van der Waals surface area contributed by atoms with E-state index < -0.39 is 0 Å². The lowest BCUT2D eigenvalue weighted by Gasteiger charge is -2.12. The summed E-state index contributed by atoms with van der Waals surface area (Å²) in [6.45, 7) is 4.91. The van der Waals surface area contributed by atoms with E-state index >= 15 is 0 Å². The number of anilines is 1. The molecule has 0 saturated heterocycles. The first-order chi connectivity index (χ1) is 13.9. The molecular formula is C21H25N5O2S. The normalized spacial score (nSPS) is 11.1. The Morgan fingerprint density at radius 1 is 1.14 bits per heavy atom. The molecule has 0 fully saturated rings. The van der Waals surface area contributed by atoms with Crippen molar-refractivity contribution in [2.24, 2.45) is 11.7 Å². The summed E-state index contributed by atoms with van der Waals surface area (Å²) in [5, 5.41) is 14.2. The summed E-state index contributed by atoms with van der Waals surface area (Å²) in [6, 6.07) is 13.8. The molecule has 0 aliphatic heterocycles. The Bertz CT molecular complexity index is 1010. The minimum atomic E-state index is -0.368. The van der Waals surface area contributed by atoms with Gasteiger partial charge in [-0.3, -0.25) is 9.59 Å². The molecule has 0 aliphatic rings. The minimum absolute atomic E-state index is 0.107. The third-order valence-corrected chi connectivity index (χ3v) is 5.30. The van der Waals surface area contributed by atoms with Crippen molar-refractivity contribution in [3.63, 3.8) is 0 Å². The molecule has 0 aliphatic carbocycles. The predicted octanol–water partition coefficient (Wildman–Crippen LogP) is 3.24. The molecule has 8 heteroatoms. The summed E-state index contributed by atoms with van der Waals surface area (Å²) in [5.41, 5.74) is 6.05. The lowest BCUT2D eigenvalue weighted by atomic mass is 10.1. The van der Waals surface area contributed by atoms with Crippen LogP contribution in [0.5, 0.6) is 0 Å². The van der Waals surface area contributed by atoms with E-state index in [0.717, 1.165) is 22.3 Å². The first kappa shape index (κ1) is 20.9. The summed E-state index contributed by atoms with van der Waals surface area (Å²) in [7, 11) is 0. The molecule has 0 unspecified atom stereocenters. The highest BCUT2D eigenvalue weighted by Gasteiger charge is 2.16. The number of carbonyl (C=O) groups is 2. The van der Waals surface area contributed by atoms with Gasteiger partial charge in [-0.2, -0.15) is 0 Å². The van der Waals surface area contributed by atoms with Crippen LogP contribution in [0.4, 0.5) is 5.69 Å². The van der Waals surface area contributed by atoms with Gasteiger partial charge >= 0.3 is 0 Å². The second-order valence-electron chi connectivity index (χ2n) is 7.23. The average molecular weight is 412 g/mol. The summed E-state index contributed by atoms with van der Waals surface area (Å²) in [5.74, 6) is 0.837. The lowest BCUT2D eigenvalue weighted by molar-refractivity contribution is -0.118. The van der Waals surface area contributed by atoms with E-state index in [1.165, 1.54) is 11.8 Å². The van der Waals surface area contributed by atoms with Crippen molar-refractivity contribution in [2.45, 2.75) is 38.4 Å². The maximum absolute atomic E-state index is 12.5. The first-order valence-corrected chi connectivity index (χ1v) is 10.5. The second kappa shape index (κ2) is 9.56. The number of hydrogen-bond donors (Lipinski definition) is 2. The summed E-state index contributed by atoms with van der Waals surface area (Å²) < 4.78 is 1.98. The van der Waals surface area contributed by atoms with Crippen molar-refractivity contribution >= 4 is 40.0 Å². The van der Waals surface area contributed by atoms with Crippen molar-refractivity contribution in [1.82, 2.24) is 14.8 Å². The highest BCUT2D eigenvalue weighted by Crippen LogP contribution is 2.24. The topological polar surface area (TPSA) is 103 Å². The smallest absolute Gasteiger partial charge is 0.234 e. The zero-order valence-corrected chi connectivity index (χ0v) is 17.4. The maximum atomic E-state index is 12.5. The number of primary amides is 1. The van der Waals surface area contributed by atoms with Gasteiger partial charge in [-0.15, -0.1) is 10.2 Å². The van der Waals surface area contributed by atoms with Crippen LogP contribution in [0.3, 0.4) is 0 Å². The van der Waals surface area contributed by atoms with Crippen LogP contribution in [0.2, 0.25) is 0 Å². The Kier molecular flexibility index (Phi) is 6.87. The van der Waals surface area contributed by atoms with E-state index in [1.54, 1.807) is 0 Å². The molecule has 1 aromatic heterocycles. The molecule has 152 valence electrons.